The molecule has 0 amide bonds. The molecule has 2 heterocycles. The standard InChI is InChI=1S/C16H30N2/c1-2-7-14(8-3-1)13-18-12-5-4-10-16(18)15-9-6-11-17-15/h14-17H,1-13H2. The summed E-state index contributed by atoms with van der Waals surface area (Å²) >= 11 is 0. The molecule has 2 nitrogen and oxygen atoms in total. The van der Waals surface area contributed by atoms with Gasteiger partial charge in [-0.3, -0.25) is 4.90 Å². The predicted octanol–water partition coefficient (Wildman–Crippen LogP) is 3.17. The van der Waals surface area contributed by atoms with E-state index in [9.17, 15) is 0 Å². The zero-order valence-electron chi connectivity index (χ0n) is 11.9. The summed E-state index contributed by atoms with van der Waals surface area (Å²) in [6.45, 7) is 4.04. The van der Waals surface area contributed by atoms with Crippen molar-refractivity contribution in [3.05, 3.63) is 0 Å². The Morgan fingerprint density at radius 3 is 2.44 bits per heavy atom. The third kappa shape index (κ3) is 3.08. The van der Waals surface area contributed by atoms with Crippen molar-refractivity contribution in [1.29, 1.82) is 0 Å². The number of rotatable bonds is 3. The van der Waals surface area contributed by atoms with Gasteiger partial charge in [-0.1, -0.05) is 25.7 Å². The Labute approximate surface area is 113 Å². The van der Waals surface area contributed by atoms with Gasteiger partial charge < -0.3 is 5.32 Å². The van der Waals surface area contributed by atoms with Crippen LogP contribution in [-0.4, -0.2) is 36.6 Å². The number of piperidine rings is 1. The minimum atomic E-state index is 0.814. The molecule has 104 valence electrons. The molecular formula is C16H30N2. The van der Waals surface area contributed by atoms with Gasteiger partial charge >= 0.3 is 0 Å². The lowest BCUT2D eigenvalue weighted by molar-refractivity contribution is 0.0914. The summed E-state index contributed by atoms with van der Waals surface area (Å²) in [6.07, 6.45) is 14.6. The predicted molar refractivity (Wildman–Crippen MR) is 76.8 cm³/mol. The lowest BCUT2D eigenvalue weighted by Gasteiger charge is -2.41. The van der Waals surface area contributed by atoms with Gasteiger partial charge in [0, 0.05) is 18.6 Å². The molecular weight excluding hydrogens is 220 g/mol. The molecule has 3 fully saturated rings. The van der Waals surface area contributed by atoms with E-state index in [1.807, 2.05) is 0 Å². The van der Waals surface area contributed by atoms with E-state index >= 15 is 0 Å². The summed E-state index contributed by atoms with van der Waals surface area (Å²) in [6, 6.07) is 1.68. The third-order valence-corrected chi connectivity index (χ3v) is 5.44. The number of likely N-dealkylation sites (tertiary alicyclic amines) is 1. The highest BCUT2D eigenvalue weighted by Gasteiger charge is 2.32. The maximum atomic E-state index is 3.75. The zero-order chi connectivity index (χ0) is 12.2. The number of nitrogens with zero attached hydrogens (tertiary/aromatic N) is 1. The summed E-state index contributed by atoms with van der Waals surface area (Å²) < 4.78 is 0. The summed E-state index contributed by atoms with van der Waals surface area (Å²) in [5.41, 5.74) is 0. The smallest absolute Gasteiger partial charge is 0.0249 e. The minimum Gasteiger partial charge on any atom is -0.312 e. The van der Waals surface area contributed by atoms with Gasteiger partial charge in [-0.05, 0) is 57.5 Å². The van der Waals surface area contributed by atoms with Gasteiger partial charge in [0.2, 0.25) is 0 Å². The van der Waals surface area contributed by atoms with Crippen LogP contribution in [0, 0.1) is 5.92 Å². The van der Waals surface area contributed by atoms with Gasteiger partial charge in [0.25, 0.3) is 0 Å². The van der Waals surface area contributed by atoms with Crippen LogP contribution in [0.15, 0.2) is 0 Å². The van der Waals surface area contributed by atoms with Crippen LogP contribution in [0.25, 0.3) is 0 Å². The van der Waals surface area contributed by atoms with E-state index in [1.165, 1.54) is 83.8 Å². The van der Waals surface area contributed by atoms with Crippen LogP contribution in [-0.2, 0) is 0 Å². The van der Waals surface area contributed by atoms with Gasteiger partial charge in [-0.25, -0.2) is 0 Å². The van der Waals surface area contributed by atoms with E-state index in [4.69, 9.17) is 0 Å². The Bertz CT molecular complexity index is 241. The molecule has 2 aliphatic heterocycles. The Balaban J connectivity index is 1.56. The van der Waals surface area contributed by atoms with Crippen LogP contribution in [0.1, 0.15) is 64.2 Å². The SMILES string of the molecule is C1CCC(CN2CCCCC2C2CCCN2)CC1. The van der Waals surface area contributed by atoms with E-state index < -0.39 is 0 Å². The van der Waals surface area contributed by atoms with Gasteiger partial charge in [0.1, 0.15) is 0 Å². The highest BCUT2D eigenvalue weighted by atomic mass is 15.2. The van der Waals surface area contributed by atoms with Crippen LogP contribution >= 0.6 is 0 Å². The van der Waals surface area contributed by atoms with Crippen LogP contribution in [0.4, 0.5) is 0 Å². The van der Waals surface area contributed by atoms with E-state index in [1.54, 1.807) is 0 Å². The first-order chi connectivity index (χ1) is 8.93. The summed E-state index contributed by atoms with van der Waals surface area (Å²) in [4.78, 5) is 2.86. The monoisotopic (exact) mass is 250 g/mol. The molecule has 1 saturated carbocycles. The van der Waals surface area contributed by atoms with Crippen molar-refractivity contribution in [2.24, 2.45) is 5.92 Å². The molecule has 0 bridgehead atoms. The third-order valence-electron chi connectivity index (χ3n) is 5.44. The molecule has 2 saturated heterocycles. The lowest BCUT2D eigenvalue weighted by atomic mass is 9.87. The Morgan fingerprint density at radius 1 is 0.833 bits per heavy atom. The molecule has 1 aliphatic carbocycles. The second-order valence-corrected chi connectivity index (χ2v) is 6.76. The van der Waals surface area contributed by atoms with Crippen molar-refractivity contribution in [1.82, 2.24) is 10.2 Å². The number of nitrogens with one attached hydrogen (secondary N) is 1. The van der Waals surface area contributed by atoms with Crippen LogP contribution < -0.4 is 5.32 Å². The molecule has 2 atom stereocenters. The first-order valence-corrected chi connectivity index (χ1v) is 8.41. The number of hydrogen-bond donors (Lipinski definition) is 1. The van der Waals surface area contributed by atoms with Crippen molar-refractivity contribution < 1.29 is 0 Å². The fraction of sp³-hybridized carbons (Fsp3) is 1.00. The van der Waals surface area contributed by atoms with Gasteiger partial charge in [0.15, 0.2) is 0 Å². The molecule has 0 aromatic rings. The first-order valence-electron chi connectivity index (χ1n) is 8.41. The molecule has 3 rings (SSSR count). The molecule has 0 radical (unpaired) electrons. The summed E-state index contributed by atoms with van der Waals surface area (Å²) in [5, 5.41) is 3.75. The summed E-state index contributed by atoms with van der Waals surface area (Å²) in [5.74, 6) is 1.01. The second kappa shape index (κ2) is 6.38. The average molecular weight is 250 g/mol. The fourth-order valence-corrected chi connectivity index (χ4v) is 4.44. The van der Waals surface area contributed by atoms with Gasteiger partial charge in [-0.15, -0.1) is 0 Å². The fourth-order valence-electron chi connectivity index (χ4n) is 4.44. The molecule has 1 N–H and O–H groups in total. The van der Waals surface area contributed by atoms with Crippen molar-refractivity contribution in [2.45, 2.75) is 76.3 Å². The van der Waals surface area contributed by atoms with E-state index in [0.29, 0.717) is 0 Å². The largest absolute Gasteiger partial charge is 0.312 e. The van der Waals surface area contributed by atoms with E-state index in [-0.39, 0.29) is 0 Å². The van der Waals surface area contributed by atoms with E-state index in [0.717, 1.165) is 18.0 Å². The molecule has 0 aromatic carbocycles. The quantitative estimate of drug-likeness (QED) is 0.827. The van der Waals surface area contributed by atoms with Crippen molar-refractivity contribution >= 4 is 0 Å². The van der Waals surface area contributed by atoms with Crippen molar-refractivity contribution in [2.75, 3.05) is 19.6 Å². The van der Waals surface area contributed by atoms with Gasteiger partial charge in [0.05, 0.1) is 0 Å². The van der Waals surface area contributed by atoms with E-state index in [2.05, 4.69) is 10.2 Å². The first kappa shape index (κ1) is 12.9. The van der Waals surface area contributed by atoms with Crippen LogP contribution in [0.3, 0.4) is 0 Å². The van der Waals surface area contributed by atoms with Crippen LogP contribution in [0.5, 0.6) is 0 Å². The second-order valence-electron chi connectivity index (χ2n) is 6.76. The number of hydrogen-bond acceptors (Lipinski definition) is 2. The Hall–Kier alpha value is -0.0800. The lowest BCUT2D eigenvalue weighted by Crippen LogP contribution is -2.51. The molecule has 3 aliphatic rings. The Kier molecular flexibility index (Phi) is 4.58. The van der Waals surface area contributed by atoms with Crippen LogP contribution in [0.2, 0.25) is 0 Å². The highest BCUT2D eigenvalue weighted by molar-refractivity contribution is 4.91. The molecule has 0 aromatic heterocycles. The summed E-state index contributed by atoms with van der Waals surface area (Å²) in [7, 11) is 0. The van der Waals surface area contributed by atoms with Crippen molar-refractivity contribution in [3.8, 4) is 0 Å². The normalized spacial score (nSPS) is 36.0. The maximum Gasteiger partial charge on any atom is 0.0249 e. The van der Waals surface area contributed by atoms with Gasteiger partial charge in [-0.2, -0.15) is 0 Å². The molecule has 2 heteroatoms. The zero-order valence-corrected chi connectivity index (χ0v) is 11.9. The topological polar surface area (TPSA) is 15.3 Å². The maximum absolute atomic E-state index is 3.75. The molecule has 18 heavy (non-hydrogen) atoms. The highest BCUT2D eigenvalue weighted by Crippen LogP contribution is 2.29. The molecule has 0 spiro atoms. The molecule has 2 unspecified atom stereocenters. The Morgan fingerprint density at radius 2 is 1.67 bits per heavy atom. The minimum absolute atomic E-state index is 0.814. The average Bonchev–Trinajstić information content (AvgIpc) is 2.94. The van der Waals surface area contributed by atoms with Crippen molar-refractivity contribution in [3.63, 3.8) is 0 Å².